The van der Waals surface area contributed by atoms with Gasteiger partial charge in [-0.15, -0.1) is 11.3 Å². The summed E-state index contributed by atoms with van der Waals surface area (Å²) in [4.78, 5) is 23.7. The third-order valence-electron chi connectivity index (χ3n) is 3.16. The predicted molar refractivity (Wildman–Crippen MR) is 81.0 cm³/mol. The van der Waals surface area contributed by atoms with E-state index in [-0.39, 0.29) is 0 Å². The highest BCUT2D eigenvalue weighted by molar-refractivity contribution is 7.20. The standard InChI is InChI=1S/C15H13N3O3S/c1-9-11-7-12(14(21)16-8-13(19)20)22-15(11)18(17-9)10-5-3-2-4-6-10/h2-7H,8H2,1H3,(H,16,21)(H,19,20)/p-1. The van der Waals surface area contributed by atoms with Crippen LogP contribution in [0.1, 0.15) is 15.4 Å². The van der Waals surface area contributed by atoms with Gasteiger partial charge in [0.05, 0.1) is 28.8 Å². The first-order valence-electron chi connectivity index (χ1n) is 6.59. The number of carbonyl (C=O) groups excluding carboxylic acids is 2. The molecule has 0 aliphatic rings. The van der Waals surface area contributed by atoms with Gasteiger partial charge in [0, 0.05) is 5.39 Å². The number of nitrogens with zero attached hydrogens (tertiary/aromatic N) is 2. The molecule has 1 N–H and O–H groups in total. The SMILES string of the molecule is Cc1nn(-c2ccccc2)c2sc(C(=O)NCC(=O)[O-])cc12. The van der Waals surface area contributed by atoms with E-state index in [9.17, 15) is 14.7 Å². The van der Waals surface area contributed by atoms with E-state index in [1.165, 1.54) is 11.3 Å². The summed E-state index contributed by atoms with van der Waals surface area (Å²) in [6.07, 6.45) is 0. The topological polar surface area (TPSA) is 87.0 Å². The zero-order valence-corrected chi connectivity index (χ0v) is 12.5. The van der Waals surface area contributed by atoms with Gasteiger partial charge >= 0.3 is 0 Å². The van der Waals surface area contributed by atoms with Gasteiger partial charge in [0.1, 0.15) is 4.83 Å². The lowest BCUT2D eigenvalue weighted by Gasteiger charge is -2.03. The molecule has 2 aromatic heterocycles. The minimum Gasteiger partial charge on any atom is -0.548 e. The minimum absolute atomic E-state index is 0.426. The first kappa shape index (κ1) is 14.3. The number of carbonyl (C=O) groups is 2. The lowest BCUT2D eigenvalue weighted by molar-refractivity contribution is -0.303. The molecule has 0 atom stereocenters. The highest BCUT2D eigenvalue weighted by Gasteiger charge is 2.16. The van der Waals surface area contributed by atoms with Crippen molar-refractivity contribution in [2.75, 3.05) is 6.54 Å². The average Bonchev–Trinajstić information content (AvgIpc) is 3.07. The number of aromatic nitrogens is 2. The fourth-order valence-electron chi connectivity index (χ4n) is 2.14. The molecule has 3 rings (SSSR count). The number of hydrogen-bond donors (Lipinski definition) is 1. The Morgan fingerprint density at radius 1 is 1.32 bits per heavy atom. The molecule has 0 aliphatic carbocycles. The number of hydrogen-bond acceptors (Lipinski definition) is 5. The summed E-state index contributed by atoms with van der Waals surface area (Å²) in [6.45, 7) is 1.37. The monoisotopic (exact) mass is 314 g/mol. The Morgan fingerprint density at radius 2 is 2.05 bits per heavy atom. The van der Waals surface area contributed by atoms with Crippen LogP contribution in [0.2, 0.25) is 0 Å². The van der Waals surface area contributed by atoms with Crippen molar-refractivity contribution in [3.63, 3.8) is 0 Å². The van der Waals surface area contributed by atoms with Crippen molar-refractivity contribution in [3.05, 3.63) is 47.0 Å². The number of aryl methyl sites for hydroxylation is 1. The minimum atomic E-state index is -1.32. The van der Waals surface area contributed by atoms with Gasteiger partial charge in [-0.25, -0.2) is 4.68 Å². The third-order valence-corrected chi connectivity index (χ3v) is 4.27. The second kappa shape index (κ2) is 5.61. The fourth-order valence-corrected chi connectivity index (χ4v) is 3.24. The van der Waals surface area contributed by atoms with Crippen LogP contribution in [0.25, 0.3) is 15.9 Å². The number of rotatable bonds is 4. The number of benzene rings is 1. The molecular weight excluding hydrogens is 302 g/mol. The molecule has 0 bridgehead atoms. The molecule has 0 unspecified atom stereocenters. The van der Waals surface area contributed by atoms with Gasteiger partial charge in [-0.2, -0.15) is 5.10 Å². The van der Waals surface area contributed by atoms with Crippen LogP contribution in [0.4, 0.5) is 0 Å². The third kappa shape index (κ3) is 2.58. The van der Waals surface area contributed by atoms with Crippen molar-refractivity contribution in [2.24, 2.45) is 0 Å². The molecule has 0 fully saturated rings. The summed E-state index contributed by atoms with van der Waals surface area (Å²) in [5, 5.41) is 18.1. The van der Waals surface area contributed by atoms with Gasteiger partial charge in [-0.1, -0.05) is 18.2 Å². The Bertz CT molecular complexity index is 852. The molecular formula is C15H12N3O3S-. The molecule has 7 heteroatoms. The maximum atomic E-state index is 12.0. The van der Waals surface area contributed by atoms with Crippen LogP contribution in [0.15, 0.2) is 36.4 Å². The van der Waals surface area contributed by atoms with Gasteiger partial charge in [-0.3, -0.25) is 4.79 Å². The number of fused-ring (bicyclic) bond motifs is 1. The molecule has 0 radical (unpaired) electrons. The first-order valence-corrected chi connectivity index (χ1v) is 7.40. The molecule has 3 aromatic rings. The molecule has 6 nitrogen and oxygen atoms in total. The quantitative estimate of drug-likeness (QED) is 0.774. The highest BCUT2D eigenvalue weighted by atomic mass is 32.1. The summed E-state index contributed by atoms with van der Waals surface area (Å²) in [5.74, 6) is -1.74. The van der Waals surface area contributed by atoms with E-state index >= 15 is 0 Å². The van der Waals surface area contributed by atoms with Crippen LogP contribution >= 0.6 is 11.3 Å². The normalized spacial score (nSPS) is 10.8. The number of para-hydroxylation sites is 1. The number of nitrogens with one attached hydrogen (secondary N) is 1. The molecule has 112 valence electrons. The van der Waals surface area contributed by atoms with Crippen molar-refractivity contribution in [3.8, 4) is 5.69 Å². The lowest BCUT2D eigenvalue weighted by Crippen LogP contribution is -2.37. The van der Waals surface area contributed by atoms with Gasteiger partial charge in [0.15, 0.2) is 0 Å². The number of aliphatic carboxylic acids is 1. The summed E-state index contributed by atoms with van der Waals surface area (Å²) < 4.78 is 1.78. The molecule has 1 aromatic carbocycles. The second-order valence-corrected chi connectivity index (χ2v) is 5.75. The fraction of sp³-hybridized carbons (Fsp3) is 0.133. The summed E-state index contributed by atoms with van der Waals surface area (Å²) in [7, 11) is 0. The number of thiophene rings is 1. The van der Waals surface area contributed by atoms with Crippen LogP contribution < -0.4 is 10.4 Å². The van der Waals surface area contributed by atoms with E-state index in [0.717, 1.165) is 21.6 Å². The maximum absolute atomic E-state index is 12.0. The van der Waals surface area contributed by atoms with Crippen molar-refractivity contribution < 1.29 is 14.7 Å². The number of carboxylic acid groups (broad SMARTS) is 1. The zero-order chi connectivity index (χ0) is 15.7. The van der Waals surface area contributed by atoms with E-state index in [4.69, 9.17) is 0 Å². The molecule has 0 aliphatic heterocycles. The van der Waals surface area contributed by atoms with Crippen LogP contribution in [0.5, 0.6) is 0 Å². The Hall–Kier alpha value is -2.67. The van der Waals surface area contributed by atoms with Crippen LogP contribution in [-0.2, 0) is 4.79 Å². The molecule has 0 saturated heterocycles. The van der Waals surface area contributed by atoms with Crippen molar-refractivity contribution in [1.29, 1.82) is 0 Å². The summed E-state index contributed by atoms with van der Waals surface area (Å²) in [6, 6.07) is 11.3. The van der Waals surface area contributed by atoms with Crippen LogP contribution in [0.3, 0.4) is 0 Å². The van der Waals surface area contributed by atoms with Crippen molar-refractivity contribution >= 4 is 33.4 Å². The lowest BCUT2D eigenvalue weighted by atomic mass is 10.3. The Kier molecular flexibility index (Phi) is 3.64. The number of carboxylic acids is 1. The van der Waals surface area contributed by atoms with E-state index in [1.54, 1.807) is 10.7 Å². The second-order valence-electron chi connectivity index (χ2n) is 4.72. The Labute approximate surface area is 130 Å². The van der Waals surface area contributed by atoms with Gasteiger partial charge in [0.25, 0.3) is 5.91 Å². The average molecular weight is 314 g/mol. The van der Waals surface area contributed by atoms with Gasteiger partial charge in [0.2, 0.25) is 0 Å². The maximum Gasteiger partial charge on any atom is 0.261 e. The predicted octanol–water partition coefficient (Wildman–Crippen LogP) is 0.875. The largest absolute Gasteiger partial charge is 0.548 e. The molecule has 0 spiro atoms. The summed E-state index contributed by atoms with van der Waals surface area (Å²) >= 11 is 1.27. The molecule has 1 amide bonds. The van der Waals surface area contributed by atoms with E-state index < -0.39 is 18.4 Å². The van der Waals surface area contributed by atoms with Crippen LogP contribution in [0, 0.1) is 6.92 Å². The van der Waals surface area contributed by atoms with Crippen molar-refractivity contribution in [2.45, 2.75) is 6.92 Å². The highest BCUT2D eigenvalue weighted by Crippen LogP contribution is 2.30. The molecule has 0 saturated carbocycles. The van der Waals surface area contributed by atoms with Gasteiger partial charge in [-0.05, 0) is 25.1 Å². The first-order chi connectivity index (χ1) is 10.6. The van der Waals surface area contributed by atoms with E-state index in [0.29, 0.717) is 4.88 Å². The molecule has 22 heavy (non-hydrogen) atoms. The Balaban J connectivity index is 2.00. The van der Waals surface area contributed by atoms with Crippen LogP contribution in [-0.4, -0.2) is 28.2 Å². The van der Waals surface area contributed by atoms with E-state index in [1.807, 2.05) is 37.3 Å². The smallest absolute Gasteiger partial charge is 0.261 e. The number of amides is 1. The molecule has 2 heterocycles. The van der Waals surface area contributed by atoms with Gasteiger partial charge < -0.3 is 15.2 Å². The zero-order valence-electron chi connectivity index (χ0n) is 11.7. The Morgan fingerprint density at radius 3 is 2.73 bits per heavy atom. The van der Waals surface area contributed by atoms with Crippen molar-refractivity contribution in [1.82, 2.24) is 15.1 Å². The van der Waals surface area contributed by atoms with E-state index in [2.05, 4.69) is 10.4 Å². The summed E-state index contributed by atoms with van der Waals surface area (Å²) in [5.41, 5.74) is 1.72.